The quantitative estimate of drug-likeness (QED) is 0.761. The summed E-state index contributed by atoms with van der Waals surface area (Å²) in [5, 5.41) is 0. The van der Waals surface area contributed by atoms with E-state index in [9.17, 15) is 4.79 Å². The molecule has 0 aliphatic carbocycles. The summed E-state index contributed by atoms with van der Waals surface area (Å²) in [5.74, 6) is 0.194. The van der Waals surface area contributed by atoms with Crippen molar-refractivity contribution in [1.29, 1.82) is 0 Å². The first-order valence-corrected chi connectivity index (χ1v) is 7.61. The summed E-state index contributed by atoms with van der Waals surface area (Å²) in [6.07, 6.45) is 1.51. The monoisotopic (exact) mass is 325 g/mol. The molecule has 1 aromatic rings. The molecule has 0 saturated heterocycles. The largest absolute Gasteiger partial charge is 0.310 e. The maximum absolute atomic E-state index is 12.6. The summed E-state index contributed by atoms with van der Waals surface area (Å²) < 4.78 is 1.00. The maximum Gasteiger partial charge on any atom is 0.227 e. The molecule has 0 fully saturated rings. The molecule has 1 atom stereocenters. The predicted molar refractivity (Wildman–Crippen MR) is 85.5 cm³/mol. The molecule has 0 bridgehead atoms. The molecule has 106 valence electrons. The number of benzene rings is 1. The molecular weight excluding hydrogens is 302 g/mol. The zero-order valence-electron chi connectivity index (χ0n) is 12.5. The molecule has 0 spiro atoms. The first-order valence-electron chi connectivity index (χ1n) is 6.82. The Labute approximate surface area is 125 Å². The minimum atomic E-state index is 0.00874. The number of anilines is 1. The van der Waals surface area contributed by atoms with Crippen LogP contribution in [0.15, 0.2) is 28.7 Å². The normalized spacial score (nSPS) is 13.2. The van der Waals surface area contributed by atoms with Gasteiger partial charge in [-0.15, -0.1) is 0 Å². The third-order valence-corrected chi connectivity index (χ3v) is 3.56. The third-order valence-electron chi connectivity index (χ3n) is 3.07. The number of carbonyl (C=O) groups excluding carboxylic acids is 1. The van der Waals surface area contributed by atoms with E-state index in [-0.39, 0.29) is 17.4 Å². The molecule has 2 nitrogen and oxygen atoms in total. The van der Waals surface area contributed by atoms with E-state index in [4.69, 9.17) is 0 Å². The Morgan fingerprint density at radius 3 is 2.47 bits per heavy atom. The van der Waals surface area contributed by atoms with Crippen LogP contribution in [-0.4, -0.2) is 11.9 Å². The number of rotatable bonds is 4. The molecule has 1 amide bonds. The molecule has 0 aromatic heterocycles. The van der Waals surface area contributed by atoms with Gasteiger partial charge in [0, 0.05) is 22.6 Å². The molecule has 1 aromatic carbocycles. The van der Waals surface area contributed by atoms with Crippen molar-refractivity contribution >= 4 is 27.5 Å². The number of halogens is 1. The SMILES string of the molecule is CCC(C)N(C(=O)CC(C)(C)C)c1cccc(Br)c1. The van der Waals surface area contributed by atoms with E-state index in [0.29, 0.717) is 6.42 Å². The standard InChI is InChI=1S/C16H24BrNO/c1-6-12(2)18(15(19)11-16(3,4)5)14-9-7-8-13(17)10-14/h7-10,12H,6,11H2,1-5H3. The zero-order chi connectivity index (χ0) is 14.6. The van der Waals surface area contributed by atoms with E-state index in [1.165, 1.54) is 0 Å². The van der Waals surface area contributed by atoms with Gasteiger partial charge in [-0.2, -0.15) is 0 Å². The Hall–Kier alpha value is -0.830. The number of hydrogen-bond acceptors (Lipinski definition) is 1. The van der Waals surface area contributed by atoms with Crippen molar-refractivity contribution < 1.29 is 4.79 Å². The highest BCUT2D eigenvalue weighted by molar-refractivity contribution is 9.10. The third kappa shape index (κ3) is 4.98. The van der Waals surface area contributed by atoms with Crippen molar-refractivity contribution in [1.82, 2.24) is 0 Å². The molecule has 19 heavy (non-hydrogen) atoms. The van der Waals surface area contributed by atoms with Gasteiger partial charge in [-0.3, -0.25) is 4.79 Å². The van der Waals surface area contributed by atoms with E-state index in [2.05, 4.69) is 50.5 Å². The van der Waals surface area contributed by atoms with Crippen LogP contribution >= 0.6 is 15.9 Å². The van der Waals surface area contributed by atoms with Crippen molar-refractivity contribution in [2.45, 2.75) is 53.5 Å². The van der Waals surface area contributed by atoms with Gasteiger partial charge in [-0.05, 0) is 37.0 Å². The Morgan fingerprint density at radius 1 is 1.37 bits per heavy atom. The highest BCUT2D eigenvalue weighted by Gasteiger charge is 2.25. The van der Waals surface area contributed by atoms with Crippen LogP contribution in [0.1, 0.15) is 47.5 Å². The topological polar surface area (TPSA) is 20.3 Å². The van der Waals surface area contributed by atoms with E-state index in [0.717, 1.165) is 16.6 Å². The van der Waals surface area contributed by atoms with Crippen molar-refractivity contribution in [2.24, 2.45) is 5.41 Å². The lowest BCUT2D eigenvalue weighted by Crippen LogP contribution is -2.40. The van der Waals surface area contributed by atoms with Crippen molar-refractivity contribution in [2.75, 3.05) is 4.90 Å². The molecule has 0 saturated carbocycles. The first kappa shape index (κ1) is 16.2. The fourth-order valence-corrected chi connectivity index (χ4v) is 2.38. The van der Waals surface area contributed by atoms with Crippen LogP contribution in [0.5, 0.6) is 0 Å². The first-order chi connectivity index (χ1) is 8.74. The van der Waals surface area contributed by atoms with Gasteiger partial charge in [0.05, 0.1) is 0 Å². The van der Waals surface area contributed by atoms with Crippen LogP contribution in [-0.2, 0) is 4.79 Å². The summed E-state index contributed by atoms with van der Waals surface area (Å²) in [6, 6.07) is 8.17. The van der Waals surface area contributed by atoms with Crippen LogP contribution in [0.4, 0.5) is 5.69 Å². The Morgan fingerprint density at radius 2 is 2.00 bits per heavy atom. The van der Waals surface area contributed by atoms with Gasteiger partial charge >= 0.3 is 0 Å². The lowest BCUT2D eigenvalue weighted by molar-refractivity contribution is -0.120. The molecule has 0 aliphatic heterocycles. The molecule has 1 rings (SSSR count). The number of hydrogen-bond donors (Lipinski definition) is 0. The molecule has 0 radical (unpaired) electrons. The Kier molecular flexibility index (Phi) is 5.60. The summed E-state index contributed by atoms with van der Waals surface area (Å²) in [4.78, 5) is 14.5. The summed E-state index contributed by atoms with van der Waals surface area (Å²) >= 11 is 3.47. The average molecular weight is 326 g/mol. The number of nitrogens with zero attached hydrogens (tertiary/aromatic N) is 1. The van der Waals surface area contributed by atoms with Crippen molar-refractivity contribution in [3.63, 3.8) is 0 Å². The summed E-state index contributed by atoms with van der Waals surface area (Å²) in [5.41, 5.74) is 0.979. The molecule has 0 heterocycles. The fraction of sp³-hybridized carbons (Fsp3) is 0.562. The van der Waals surface area contributed by atoms with E-state index in [1.807, 2.05) is 29.2 Å². The lowest BCUT2D eigenvalue weighted by atomic mass is 9.91. The van der Waals surface area contributed by atoms with Crippen molar-refractivity contribution in [3.05, 3.63) is 28.7 Å². The van der Waals surface area contributed by atoms with Gasteiger partial charge in [0.2, 0.25) is 5.91 Å². The average Bonchev–Trinajstić information content (AvgIpc) is 2.26. The van der Waals surface area contributed by atoms with E-state index in [1.54, 1.807) is 0 Å². The molecular formula is C16H24BrNO. The van der Waals surface area contributed by atoms with Crippen LogP contribution in [0.25, 0.3) is 0 Å². The van der Waals surface area contributed by atoms with Gasteiger partial charge in [-0.1, -0.05) is 49.7 Å². The second-order valence-electron chi connectivity index (χ2n) is 6.24. The maximum atomic E-state index is 12.6. The smallest absolute Gasteiger partial charge is 0.227 e. The minimum Gasteiger partial charge on any atom is -0.310 e. The Bertz CT molecular complexity index is 437. The molecule has 1 unspecified atom stereocenters. The van der Waals surface area contributed by atoms with Crippen LogP contribution in [0.2, 0.25) is 0 Å². The minimum absolute atomic E-state index is 0.00874. The van der Waals surface area contributed by atoms with Gasteiger partial charge in [0.1, 0.15) is 0 Å². The highest BCUT2D eigenvalue weighted by atomic mass is 79.9. The second-order valence-corrected chi connectivity index (χ2v) is 7.15. The van der Waals surface area contributed by atoms with Gasteiger partial charge in [0.15, 0.2) is 0 Å². The Balaban J connectivity index is 3.05. The predicted octanol–water partition coefficient (Wildman–Crippen LogP) is 5.02. The van der Waals surface area contributed by atoms with Crippen LogP contribution in [0, 0.1) is 5.41 Å². The van der Waals surface area contributed by atoms with Gasteiger partial charge in [-0.25, -0.2) is 0 Å². The number of carbonyl (C=O) groups is 1. The molecule has 3 heteroatoms. The summed E-state index contributed by atoms with van der Waals surface area (Å²) in [7, 11) is 0. The van der Waals surface area contributed by atoms with Gasteiger partial charge in [0.25, 0.3) is 0 Å². The van der Waals surface area contributed by atoms with Crippen LogP contribution in [0.3, 0.4) is 0 Å². The number of amides is 1. The zero-order valence-corrected chi connectivity index (χ0v) is 14.1. The summed E-state index contributed by atoms with van der Waals surface area (Å²) in [6.45, 7) is 10.5. The van der Waals surface area contributed by atoms with E-state index >= 15 is 0 Å². The lowest BCUT2D eigenvalue weighted by Gasteiger charge is -2.31. The van der Waals surface area contributed by atoms with E-state index < -0.39 is 0 Å². The molecule has 0 aliphatic rings. The fourth-order valence-electron chi connectivity index (χ4n) is 1.99. The highest BCUT2D eigenvalue weighted by Crippen LogP contribution is 2.27. The van der Waals surface area contributed by atoms with Gasteiger partial charge < -0.3 is 4.90 Å². The van der Waals surface area contributed by atoms with Crippen LogP contribution < -0.4 is 4.90 Å². The molecule has 0 N–H and O–H groups in total. The second kappa shape index (κ2) is 6.56. The van der Waals surface area contributed by atoms with Crippen molar-refractivity contribution in [3.8, 4) is 0 Å².